The highest BCUT2D eigenvalue weighted by molar-refractivity contribution is 5.96. The summed E-state index contributed by atoms with van der Waals surface area (Å²) in [6.07, 6.45) is 4.22. The van der Waals surface area contributed by atoms with Crippen LogP contribution in [-0.4, -0.2) is 40.4 Å². The predicted octanol–water partition coefficient (Wildman–Crippen LogP) is 4.74. The van der Waals surface area contributed by atoms with Gasteiger partial charge in [-0.3, -0.25) is 9.59 Å². The van der Waals surface area contributed by atoms with Crippen molar-refractivity contribution in [2.45, 2.75) is 51.6 Å². The second kappa shape index (κ2) is 9.82. The second-order valence-corrected chi connectivity index (χ2v) is 8.71. The summed E-state index contributed by atoms with van der Waals surface area (Å²) in [6, 6.07) is 15.8. The summed E-state index contributed by atoms with van der Waals surface area (Å²) in [5.74, 6) is 0.677. The first kappa shape index (κ1) is 22.6. The highest BCUT2D eigenvalue weighted by Crippen LogP contribution is 2.30. The van der Waals surface area contributed by atoms with Gasteiger partial charge in [0.1, 0.15) is 5.75 Å². The SMILES string of the molecule is Cc1cccc(CC(=O)N2CCCC(c3cccc(OC(C)(C)C(=O)/C=C/O)c3)C2)c1. The van der Waals surface area contributed by atoms with Crippen LogP contribution in [0.4, 0.5) is 0 Å². The van der Waals surface area contributed by atoms with E-state index >= 15 is 0 Å². The van der Waals surface area contributed by atoms with Crippen LogP contribution in [0.15, 0.2) is 60.9 Å². The summed E-state index contributed by atoms with van der Waals surface area (Å²) >= 11 is 0. The van der Waals surface area contributed by atoms with Crippen molar-refractivity contribution in [2.75, 3.05) is 13.1 Å². The minimum absolute atomic E-state index is 0.158. The molecule has 1 atom stereocenters. The Kier molecular flexibility index (Phi) is 7.16. The van der Waals surface area contributed by atoms with E-state index in [-0.39, 0.29) is 17.6 Å². The Morgan fingerprint density at radius 1 is 1.19 bits per heavy atom. The third-order valence-electron chi connectivity index (χ3n) is 5.73. The minimum atomic E-state index is -1.08. The maximum Gasteiger partial charge on any atom is 0.227 e. The summed E-state index contributed by atoms with van der Waals surface area (Å²) < 4.78 is 5.92. The van der Waals surface area contributed by atoms with Crippen LogP contribution in [0, 0.1) is 6.92 Å². The molecule has 1 saturated heterocycles. The molecule has 3 rings (SSSR count). The van der Waals surface area contributed by atoms with Crippen LogP contribution in [0.5, 0.6) is 5.75 Å². The van der Waals surface area contributed by atoms with Gasteiger partial charge in [-0.05, 0) is 56.9 Å². The number of nitrogens with zero attached hydrogens (tertiary/aromatic N) is 1. The zero-order valence-corrected chi connectivity index (χ0v) is 18.5. The fourth-order valence-corrected chi connectivity index (χ4v) is 4.03. The lowest BCUT2D eigenvalue weighted by molar-refractivity contribution is -0.131. The molecular formula is C26H31NO4. The van der Waals surface area contributed by atoms with Crippen LogP contribution < -0.4 is 4.74 Å². The van der Waals surface area contributed by atoms with Gasteiger partial charge in [0.25, 0.3) is 0 Å². The maximum absolute atomic E-state index is 12.9. The van der Waals surface area contributed by atoms with E-state index in [1.807, 2.05) is 48.2 Å². The van der Waals surface area contributed by atoms with E-state index in [1.54, 1.807) is 13.8 Å². The summed E-state index contributed by atoms with van der Waals surface area (Å²) in [5.41, 5.74) is 2.23. The third-order valence-corrected chi connectivity index (χ3v) is 5.73. The Balaban J connectivity index is 1.68. The van der Waals surface area contributed by atoms with Gasteiger partial charge in [-0.2, -0.15) is 0 Å². The van der Waals surface area contributed by atoms with Crippen molar-refractivity contribution in [2.24, 2.45) is 0 Å². The number of benzene rings is 2. The molecule has 0 spiro atoms. The number of ketones is 1. The molecule has 2 aromatic rings. The molecule has 1 aliphatic heterocycles. The van der Waals surface area contributed by atoms with Crippen LogP contribution in [0.25, 0.3) is 0 Å². The molecule has 0 aromatic heterocycles. The van der Waals surface area contributed by atoms with Crippen LogP contribution in [0.2, 0.25) is 0 Å². The number of rotatable bonds is 7. The standard InChI is InChI=1S/C26H31NO4/c1-19-7-4-8-20(15-19)16-25(30)27-13-6-10-22(18-27)21-9-5-11-23(17-21)31-26(2,3)24(29)12-14-28/h4-5,7-9,11-12,14-15,17,22,28H,6,10,13,16,18H2,1-3H3/b14-12+. The average molecular weight is 422 g/mol. The fraction of sp³-hybridized carbons (Fsp3) is 0.385. The molecule has 1 heterocycles. The van der Waals surface area contributed by atoms with Crippen LogP contribution in [-0.2, 0) is 16.0 Å². The van der Waals surface area contributed by atoms with E-state index in [0.717, 1.165) is 48.4 Å². The van der Waals surface area contributed by atoms with E-state index in [1.165, 1.54) is 0 Å². The molecule has 1 fully saturated rings. The molecule has 0 saturated carbocycles. The van der Waals surface area contributed by atoms with Gasteiger partial charge < -0.3 is 14.7 Å². The van der Waals surface area contributed by atoms with Crippen molar-refractivity contribution in [1.29, 1.82) is 0 Å². The van der Waals surface area contributed by atoms with Crippen molar-refractivity contribution in [3.05, 3.63) is 77.6 Å². The zero-order chi connectivity index (χ0) is 22.4. The molecule has 5 nitrogen and oxygen atoms in total. The number of aryl methyl sites for hydroxylation is 1. The first-order valence-electron chi connectivity index (χ1n) is 10.8. The molecular weight excluding hydrogens is 390 g/mol. The Morgan fingerprint density at radius 3 is 2.71 bits per heavy atom. The number of aliphatic hydroxyl groups is 1. The van der Waals surface area contributed by atoms with Crippen LogP contribution in [0.3, 0.4) is 0 Å². The number of hydrogen-bond donors (Lipinski definition) is 1. The smallest absolute Gasteiger partial charge is 0.227 e. The molecule has 1 amide bonds. The van der Waals surface area contributed by atoms with Gasteiger partial charge in [-0.25, -0.2) is 0 Å². The average Bonchev–Trinajstić information content (AvgIpc) is 2.74. The van der Waals surface area contributed by atoms with Crippen molar-refractivity contribution in [1.82, 2.24) is 4.90 Å². The lowest BCUT2D eigenvalue weighted by Crippen LogP contribution is -2.40. The van der Waals surface area contributed by atoms with Crippen molar-refractivity contribution < 1.29 is 19.4 Å². The Hall–Kier alpha value is -3.08. The molecule has 0 aliphatic carbocycles. The number of carbonyl (C=O) groups is 2. The number of hydrogen-bond acceptors (Lipinski definition) is 4. The minimum Gasteiger partial charge on any atom is -0.515 e. The normalized spacial score (nSPS) is 17.0. The Labute approximate surface area is 184 Å². The third kappa shape index (κ3) is 5.97. The highest BCUT2D eigenvalue weighted by Gasteiger charge is 2.29. The van der Waals surface area contributed by atoms with Gasteiger partial charge in [0.05, 0.1) is 12.7 Å². The van der Waals surface area contributed by atoms with Crippen molar-refractivity contribution >= 4 is 11.7 Å². The lowest BCUT2D eigenvalue weighted by atomic mass is 9.90. The van der Waals surface area contributed by atoms with Gasteiger partial charge in [-0.1, -0.05) is 42.0 Å². The summed E-state index contributed by atoms with van der Waals surface area (Å²) in [6.45, 7) is 6.85. The van der Waals surface area contributed by atoms with Crippen LogP contribution in [0.1, 0.15) is 49.3 Å². The van der Waals surface area contributed by atoms with Gasteiger partial charge in [0, 0.05) is 25.1 Å². The fourth-order valence-electron chi connectivity index (χ4n) is 4.03. The van der Waals surface area contributed by atoms with E-state index < -0.39 is 5.60 Å². The molecule has 1 N–H and O–H groups in total. The first-order chi connectivity index (χ1) is 14.8. The molecule has 164 valence electrons. The lowest BCUT2D eigenvalue weighted by Gasteiger charge is -2.33. The van der Waals surface area contributed by atoms with Gasteiger partial charge >= 0.3 is 0 Å². The van der Waals surface area contributed by atoms with E-state index in [9.17, 15) is 9.59 Å². The number of likely N-dealkylation sites (tertiary alicyclic amines) is 1. The Morgan fingerprint density at radius 2 is 1.97 bits per heavy atom. The van der Waals surface area contributed by atoms with E-state index in [0.29, 0.717) is 18.7 Å². The van der Waals surface area contributed by atoms with Gasteiger partial charge in [0.15, 0.2) is 5.60 Å². The largest absolute Gasteiger partial charge is 0.515 e. The maximum atomic E-state index is 12.9. The molecule has 1 aliphatic rings. The zero-order valence-electron chi connectivity index (χ0n) is 18.5. The molecule has 31 heavy (non-hydrogen) atoms. The van der Waals surface area contributed by atoms with Crippen molar-refractivity contribution in [3.63, 3.8) is 0 Å². The molecule has 5 heteroatoms. The molecule has 0 bridgehead atoms. The summed E-state index contributed by atoms with van der Waals surface area (Å²) in [4.78, 5) is 27.0. The predicted molar refractivity (Wildman–Crippen MR) is 121 cm³/mol. The second-order valence-electron chi connectivity index (χ2n) is 8.71. The van der Waals surface area contributed by atoms with Gasteiger partial charge in [0.2, 0.25) is 11.7 Å². The molecule has 1 unspecified atom stereocenters. The summed E-state index contributed by atoms with van der Waals surface area (Å²) in [5, 5.41) is 8.87. The quantitative estimate of drug-likeness (QED) is 0.518. The number of amides is 1. The Bertz CT molecular complexity index is 963. The van der Waals surface area contributed by atoms with E-state index in [4.69, 9.17) is 9.84 Å². The molecule has 0 radical (unpaired) electrons. The number of ether oxygens (including phenoxy) is 1. The first-order valence-corrected chi connectivity index (χ1v) is 10.8. The summed E-state index contributed by atoms with van der Waals surface area (Å²) in [7, 11) is 0. The molecule has 2 aromatic carbocycles. The number of aliphatic hydroxyl groups excluding tert-OH is 1. The van der Waals surface area contributed by atoms with E-state index in [2.05, 4.69) is 12.1 Å². The van der Waals surface area contributed by atoms with Crippen molar-refractivity contribution in [3.8, 4) is 5.75 Å². The van der Waals surface area contributed by atoms with Gasteiger partial charge in [-0.15, -0.1) is 0 Å². The number of carbonyl (C=O) groups excluding carboxylic acids is 2. The topological polar surface area (TPSA) is 66.8 Å². The number of piperidine rings is 1. The monoisotopic (exact) mass is 421 g/mol. The van der Waals surface area contributed by atoms with Crippen LogP contribution >= 0.6 is 0 Å². The highest BCUT2D eigenvalue weighted by atomic mass is 16.5.